The average molecular weight is 298 g/mol. The zero-order chi connectivity index (χ0) is 14.6. The fourth-order valence-corrected chi connectivity index (χ4v) is 2.64. The Morgan fingerprint density at radius 3 is 2.55 bits per heavy atom. The summed E-state index contributed by atoms with van der Waals surface area (Å²) in [4.78, 5) is 12.2. The lowest BCUT2D eigenvalue weighted by atomic mass is 10.0. The lowest BCUT2D eigenvalue weighted by molar-refractivity contribution is 0.0944. The summed E-state index contributed by atoms with van der Waals surface area (Å²) in [6, 6.07) is 5.16. The van der Waals surface area contributed by atoms with Crippen molar-refractivity contribution in [2.75, 3.05) is 26.6 Å². The van der Waals surface area contributed by atoms with Gasteiger partial charge >= 0.3 is 0 Å². The van der Waals surface area contributed by atoms with Crippen LogP contribution < -0.4 is 14.8 Å². The van der Waals surface area contributed by atoms with Crippen molar-refractivity contribution in [2.24, 2.45) is 5.41 Å². The largest absolute Gasteiger partial charge is 0.493 e. The second-order valence-corrected chi connectivity index (χ2v) is 5.57. The van der Waals surface area contributed by atoms with E-state index in [0.29, 0.717) is 29.5 Å². The smallest absolute Gasteiger partial charge is 0.251 e. The van der Waals surface area contributed by atoms with E-state index >= 15 is 0 Å². The molecule has 1 aromatic carbocycles. The summed E-state index contributed by atoms with van der Waals surface area (Å²) in [5.41, 5.74) is 0.804. The Kier molecular flexibility index (Phi) is 4.76. The van der Waals surface area contributed by atoms with Gasteiger partial charge in [0.15, 0.2) is 11.5 Å². The van der Waals surface area contributed by atoms with Crippen LogP contribution in [0.5, 0.6) is 11.5 Å². The number of halogens is 1. The first-order valence-corrected chi connectivity index (χ1v) is 7.24. The van der Waals surface area contributed by atoms with E-state index in [9.17, 15) is 4.79 Å². The maximum absolute atomic E-state index is 12.2. The zero-order valence-electron chi connectivity index (χ0n) is 11.9. The van der Waals surface area contributed by atoms with Crippen molar-refractivity contribution in [3.05, 3.63) is 23.8 Å². The first kappa shape index (κ1) is 15.0. The summed E-state index contributed by atoms with van der Waals surface area (Å²) in [5, 5.41) is 2.98. The Morgan fingerprint density at radius 2 is 2.00 bits per heavy atom. The van der Waals surface area contributed by atoms with Gasteiger partial charge in [-0.15, -0.1) is 11.6 Å². The second kappa shape index (κ2) is 6.35. The molecule has 0 heterocycles. The Hall–Kier alpha value is -1.42. The van der Waals surface area contributed by atoms with Gasteiger partial charge in [0.1, 0.15) is 0 Å². The van der Waals surface area contributed by atoms with Crippen molar-refractivity contribution in [3.63, 3.8) is 0 Å². The maximum atomic E-state index is 12.2. The molecule has 4 nitrogen and oxygen atoms in total. The molecule has 0 aliphatic heterocycles. The van der Waals surface area contributed by atoms with Crippen LogP contribution in [0.15, 0.2) is 18.2 Å². The number of rotatable bonds is 7. The third kappa shape index (κ3) is 3.37. The third-order valence-corrected chi connectivity index (χ3v) is 4.04. The van der Waals surface area contributed by atoms with Crippen molar-refractivity contribution in [2.45, 2.75) is 19.3 Å². The highest BCUT2D eigenvalue weighted by Crippen LogP contribution is 2.48. The number of alkyl halides is 1. The normalized spacial score (nSPS) is 15.6. The van der Waals surface area contributed by atoms with Crippen molar-refractivity contribution in [3.8, 4) is 11.5 Å². The van der Waals surface area contributed by atoms with Crippen LogP contribution in [0.25, 0.3) is 0 Å². The molecule has 0 atom stereocenters. The molecule has 0 saturated heterocycles. The summed E-state index contributed by atoms with van der Waals surface area (Å²) in [6.07, 6.45) is 3.25. The van der Waals surface area contributed by atoms with E-state index in [4.69, 9.17) is 21.1 Å². The van der Waals surface area contributed by atoms with E-state index in [1.165, 1.54) is 0 Å². The van der Waals surface area contributed by atoms with Gasteiger partial charge in [-0.1, -0.05) is 0 Å². The Bertz CT molecular complexity index is 486. The van der Waals surface area contributed by atoms with Crippen molar-refractivity contribution in [1.29, 1.82) is 0 Å². The van der Waals surface area contributed by atoms with Crippen LogP contribution in [0.2, 0.25) is 0 Å². The van der Waals surface area contributed by atoms with Crippen LogP contribution >= 0.6 is 11.6 Å². The van der Waals surface area contributed by atoms with E-state index < -0.39 is 0 Å². The lowest BCUT2D eigenvalue weighted by Gasteiger charge is -2.15. The molecule has 1 aliphatic carbocycles. The van der Waals surface area contributed by atoms with Gasteiger partial charge in [-0.2, -0.15) is 0 Å². The number of amides is 1. The number of carbonyl (C=O) groups excluding carboxylic acids is 1. The number of hydrogen-bond donors (Lipinski definition) is 1. The number of carbonyl (C=O) groups is 1. The minimum absolute atomic E-state index is 0.0909. The van der Waals surface area contributed by atoms with Gasteiger partial charge in [0, 0.05) is 18.0 Å². The van der Waals surface area contributed by atoms with Gasteiger partial charge in [0.05, 0.1) is 14.2 Å². The van der Waals surface area contributed by atoms with Gasteiger partial charge in [-0.05, 0) is 42.9 Å². The summed E-state index contributed by atoms with van der Waals surface area (Å²) >= 11 is 5.79. The molecule has 1 fully saturated rings. The zero-order valence-corrected chi connectivity index (χ0v) is 12.6. The fraction of sp³-hybridized carbons (Fsp3) is 0.533. The SMILES string of the molecule is COc1ccc(C(=O)NCC2(CCCl)CC2)cc1OC. The molecule has 0 bridgehead atoms. The number of benzene rings is 1. The van der Waals surface area contributed by atoms with Gasteiger partial charge in [0.25, 0.3) is 5.91 Å². The van der Waals surface area contributed by atoms with Crippen LogP contribution in [0.1, 0.15) is 29.6 Å². The van der Waals surface area contributed by atoms with Crippen LogP contribution in [0.4, 0.5) is 0 Å². The standard InChI is InChI=1S/C15H20ClNO3/c1-19-12-4-3-11(9-13(12)20-2)14(18)17-10-15(5-6-15)7-8-16/h3-4,9H,5-8,10H2,1-2H3,(H,17,18). The molecule has 20 heavy (non-hydrogen) atoms. The minimum atomic E-state index is -0.0909. The number of nitrogens with one attached hydrogen (secondary N) is 1. The van der Waals surface area contributed by atoms with E-state index in [1.54, 1.807) is 32.4 Å². The van der Waals surface area contributed by atoms with E-state index in [2.05, 4.69) is 5.32 Å². The second-order valence-electron chi connectivity index (χ2n) is 5.19. The Labute approximate surface area is 124 Å². The highest BCUT2D eigenvalue weighted by Gasteiger charge is 2.41. The summed E-state index contributed by atoms with van der Waals surface area (Å²) in [7, 11) is 3.12. The third-order valence-electron chi connectivity index (χ3n) is 3.85. The molecule has 2 rings (SSSR count). The number of methoxy groups -OCH3 is 2. The lowest BCUT2D eigenvalue weighted by Crippen LogP contribution is -2.30. The van der Waals surface area contributed by atoms with Crippen LogP contribution in [-0.4, -0.2) is 32.6 Å². The molecular formula is C15H20ClNO3. The van der Waals surface area contributed by atoms with Crippen molar-refractivity contribution < 1.29 is 14.3 Å². The Morgan fingerprint density at radius 1 is 1.30 bits per heavy atom. The quantitative estimate of drug-likeness (QED) is 0.787. The highest BCUT2D eigenvalue weighted by atomic mass is 35.5. The van der Waals surface area contributed by atoms with Gasteiger partial charge in [-0.3, -0.25) is 4.79 Å². The first-order valence-electron chi connectivity index (χ1n) is 6.70. The molecule has 0 unspecified atom stereocenters. The monoisotopic (exact) mass is 297 g/mol. The molecule has 0 spiro atoms. The van der Waals surface area contributed by atoms with Crippen LogP contribution in [0.3, 0.4) is 0 Å². The minimum Gasteiger partial charge on any atom is -0.493 e. The summed E-state index contributed by atoms with van der Waals surface area (Å²) < 4.78 is 10.4. The van der Waals surface area contributed by atoms with Crippen LogP contribution in [0, 0.1) is 5.41 Å². The van der Waals surface area contributed by atoms with E-state index in [-0.39, 0.29) is 11.3 Å². The number of ether oxygens (including phenoxy) is 2. The summed E-state index contributed by atoms with van der Waals surface area (Å²) in [6.45, 7) is 0.687. The maximum Gasteiger partial charge on any atom is 0.251 e. The molecule has 1 N–H and O–H groups in total. The van der Waals surface area contributed by atoms with Crippen molar-refractivity contribution >= 4 is 17.5 Å². The highest BCUT2D eigenvalue weighted by molar-refractivity contribution is 6.17. The van der Waals surface area contributed by atoms with Gasteiger partial charge in [-0.25, -0.2) is 0 Å². The van der Waals surface area contributed by atoms with Crippen LogP contribution in [-0.2, 0) is 0 Å². The number of hydrogen-bond acceptors (Lipinski definition) is 3. The van der Waals surface area contributed by atoms with E-state index in [1.807, 2.05) is 0 Å². The molecule has 5 heteroatoms. The van der Waals surface area contributed by atoms with Crippen molar-refractivity contribution in [1.82, 2.24) is 5.32 Å². The molecule has 1 aromatic rings. The van der Waals surface area contributed by atoms with Gasteiger partial charge in [0.2, 0.25) is 0 Å². The molecule has 0 aromatic heterocycles. The molecule has 0 radical (unpaired) electrons. The first-order chi connectivity index (χ1) is 9.64. The predicted octanol–water partition coefficient (Wildman–Crippen LogP) is 2.84. The predicted molar refractivity (Wildman–Crippen MR) is 78.9 cm³/mol. The topological polar surface area (TPSA) is 47.6 Å². The molecule has 110 valence electrons. The average Bonchev–Trinajstić information content (AvgIpc) is 3.24. The molecule has 1 saturated carbocycles. The molecular weight excluding hydrogens is 278 g/mol. The van der Waals surface area contributed by atoms with E-state index in [0.717, 1.165) is 19.3 Å². The fourth-order valence-electron chi connectivity index (χ4n) is 2.24. The molecule has 1 aliphatic rings. The van der Waals surface area contributed by atoms with Gasteiger partial charge < -0.3 is 14.8 Å². The Balaban J connectivity index is 1.99. The molecule has 1 amide bonds. The summed E-state index contributed by atoms with van der Waals surface area (Å²) in [5.74, 6) is 1.73.